The molecular formula is C21H19ClN4O2S. The van der Waals surface area contributed by atoms with Gasteiger partial charge in [-0.3, -0.25) is 9.59 Å². The van der Waals surface area contributed by atoms with E-state index in [1.807, 2.05) is 35.2 Å². The van der Waals surface area contributed by atoms with Crippen molar-refractivity contribution in [1.82, 2.24) is 15.1 Å². The molecule has 0 radical (unpaired) electrons. The molecule has 2 aromatic carbocycles. The Kier molecular flexibility index (Phi) is 5.87. The molecule has 0 unspecified atom stereocenters. The minimum absolute atomic E-state index is 0.0266. The highest BCUT2D eigenvalue weighted by molar-refractivity contribution is 7.13. The summed E-state index contributed by atoms with van der Waals surface area (Å²) in [5, 5.41) is 12.7. The summed E-state index contributed by atoms with van der Waals surface area (Å²) in [6, 6.07) is 16.2. The van der Waals surface area contributed by atoms with Crippen LogP contribution in [0, 0.1) is 0 Å². The van der Waals surface area contributed by atoms with E-state index < -0.39 is 0 Å². The van der Waals surface area contributed by atoms with E-state index in [1.54, 1.807) is 24.3 Å². The zero-order valence-corrected chi connectivity index (χ0v) is 17.1. The van der Waals surface area contributed by atoms with Crippen LogP contribution in [0.25, 0.3) is 0 Å². The Labute approximate surface area is 177 Å². The fraction of sp³-hybridized carbons (Fsp3) is 0.238. The molecule has 8 heteroatoms. The third-order valence-corrected chi connectivity index (χ3v) is 6.12. The van der Waals surface area contributed by atoms with E-state index in [0.29, 0.717) is 27.8 Å². The van der Waals surface area contributed by atoms with E-state index in [9.17, 15) is 9.59 Å². The molecule has 1 aromatic heterocycles. The van der Waals surface area contributed by atoms with Crippen molar-refractivity contribution >= 4 is 40.4 Å². The van der Waals surface area contributed by atoms with Gasteiger partial charge in [0.1, 0.15) is 5.01 Å². The van der Waals surface area contributed by atoms with Crippen LogP contribution in [-0.4, -0.2) is 40.0 Å². The Morgan fingerprint density at radius 1 is 1.10 bits per heavy atom. The van der Waals surface area contributed by atoms with Gasteiger partial charge in [-0.05, 0) is 43.2 Å². The van der Waals surface area contributed by atoms with Crippen molar-refractivity contribution in [2.75, 3.05) is 18.4 Å². The summed E-state index contributed by atoms with van der Waals surface area (Å²) in [5.74, 6) is -0.204. The van der Waals surface area contributed by atoms with Gasteiger partial charge in [-0.25, -0.2) is 0 Å². The molecule has 4 rings (SSSR count). The van der Waals surface area contributed by atoms with Crippen LogP contribution < -0.4 is 5.32 Å². The number of hydrogen-bond acceptors (Lipinski definition) is 5. The topological polar surface area (TPSA) is 75.2 Å². The predicted molar refractivity (Wildman–Crippen MR) is 114 cm³/mol. The van der Waals surface area contributed by atoms with Gasteiger partial charge in [0, 0.05) is 35.3 Å². The van der Waals surface area contributed by atoms with E-state index >= 15 is 0 Å². The molecule has 3 aromatic rings. The summed E-state index contributed by atoms with van der Waals surface area (Å²) in [6.07, 6.45) is 1.82. The summed E-state index contributed by atoms with van der Waals surface area (Å²) in [7, 11) is 0. The van der Waals surface area contributed by atoms with Crippen molar-refractivity contribution in [1.29, 1.82) is 0 Å². The molecule has 6 nitrogen and oxygen atoms in total. The maximum atomic E-state index is 12.7. The van der Waals surface area contributed by atoms with Crippen molar-refractivity contribution in [3.8, 4) is 0 Å². The summed E-state index contributed by atoms with van der Waals surface area (Å²) < 4.78 is 0. The Bertz CT molecular complexity index is 1020. The first kappa shape index (κ1) is 19.5. The molecule has 0 bridgehead atoms. The van der Waals surface area contributed by atoms with Gasteiger partial charge < -0.3 is 10.2 Å². The number of anilines is 1. The normalized spacial score (nSPS) is 16.4. The van der Waals surface area contributed by atoms with Gasteiger partial charge in [0.15, 0.2) is 0 Å². The second-order valence-electron chi connectivity index (χ2n) is 6.87. The largest absolute Gasteiger partial charge is 0.338 e. The lowest BCUT2D eigenvalue weighted by Gasteiger charge is -2.31. The number of likely N-dealkylation sites (tertiary alicyclic amines) is 1. The molecule has 1 fully saturated rings. The summed E-state index contributed by atoms with van der Waals surface area (Å²) in [5.41, 5.74) is 1.29. The second-order valence-corrected chi connectivity index (χ2v) is 8.31. The lowest BCUT2D eigenvalue weighted by Crippen LogP contribution is -2.39. The fourth-order valence-electron chi connectivity index (χ4n) is 3.37. The minimum atomic E-state index is -0.316. The molecule has 1 aliphatic rings. The Morgan fingerprint density at radius 2 is 1.93 bits per heavy atom. The van der Waals surface area contributed by atoms with Crippen molar-refractivity contribution in [3.63, 3.8) is 0 Å². The molecule has 1 N–H and O–H groups in total. The van der Waals surface area contributed by atoms with Gasteiger partial charge in [-0.1, -0.05) is 47.2 Å². The Morgan fingerprint density at radius 3 is 2.72 bits per heavy atom. The SMILES string of the molecule is O=C(Nc1cccc(Cl)c1)c1nnc([C@@H]2CCCN(C(=O)c3ccccc3)C2)s1. The number of nitrogens with one attached hydrogen (secondary N) is 1. The molecule has 1 saturated heterocycles. The van der Waals surface area contributed by atoms with Crippen molar-refractivity contribution in [2.24, 2.45) is 0 Å². The maximum Gasteiger partial charge on any atom is 0.286 e. The number of rotatable bonds is 4. The molecule has 29 heavy (non-hydrogen) atoms. The fourth-order valence-corrected chi connectivity index (χ4v) is 4.42. The van der Waals surface area contributed by atoms with Gasteiger partial charge in [-0.2, -0.15) is 0 Å². The van der Waals surface area contributed by atoms with Gasteiger partial charge >= 0.3 is 0 Å². The van der Waals surface area contributed by atoms with Crippen LogP contribution in [0.1, 0.15) is 43.9 Å². The summed E-state index contributed by atoms with van der Waals surface area (Å²) in [4.78, 5) is 27.1. The predicted octanol–water partition coefficient (Wildman–Crippen LogP) is 4.46. The molecule has 1 atom stereocenters. The van der Waals surface area contributed by atoms with Crippen LogP contribution in [-0.2, 0) is 0 Å². The second kappa shape index (κ2) is 8.71. The number of halogens is 1. The quantitative estimate of drug-likeness (QED) is 0.668. The molecule has 2 heterocycles. The zero-order chi connectivity index (χ0) is 20.2. The number of benzene rings is 2. The van der Waals surface area contributed by atoms with E-state index in [0.717, 1.165) is 24.4 Å². The van der Waals surface area contributed by atoms with Crippen LogP contribution in [0.5, 0.6) is 0 Å². The third-order valence-electron chi connectivity index (χ3n) is 4.80. The number of carbonyl (C=O) groups is 2. The molecule has 1 aliphatic heterocycles. The molecule has 2 amide bonds. The lowest BCUT2D eigenvalue weighted by molar-refractivity contribution is 0.0706. The number of nitrogens with zero attached hydrogens (tertiary/aromatic N) is 3. The van der Waals surface area contributed by atoms with Crippen LogP contribution in [0.2, 0.25) is 5.02 Å². The van der Waals surface area contributed by atoms with Gasteiger partial charge in [0.05, 0.1) is 0 Å². The number of aromatic nitrogens is 2. The highest BCUT2D eigenvalue weighted by Crippen LogP contribution is 2.30. The van der Waals surface area contributed by atoms with Crippen LogP contribution in [0.15, 0.2) is 54.6 Å². The molecule has 0 saturated carbocycles. The summed E-state index contributed by atoms with van der Waals surface area (Å²) >= 11 is 7.23. The maximum absolute atomic E-state index is 12.7. The molecule has 148 valence electrons. The van der Waals surface area contributed by atoms with Crippen LogP contribution in [0.4, 0.5) is 5.69 Å². The molecule has 0 aliphatic carbocycles. The van der Waals surface area contributed by atoms with E-state index in [2.05, 4.69) is 15.5 Å². The first-order valence-corrected chi connectivity index (χ1v) is 10.5. The van der Waals surface area contributed by atoms with Gasteiger partial charge in [0.2, 0.25) is 5.01 Å². The summed E-state index contributed by atoms with van der Waals surface area (Å²) in [6.45, 7) is 1.31. The first-order valence-electron chi connectivity index (χ1n) is 9.35. The highest BCUT2D eigenvalue weighted by Gasteiger charge is 2.28. The van der Waals surface area contributed by atoms with E-state index in [-0.39, 0.29) is 17.7 Å². The third kappa shape index (κ3) is 4.63. The highest BCUT2D eigenvalue weighted by atomic mass is 35.5. The van der Waals surface area contributed by atoms with Crippen molar-refractivity contribution in [2.45, 2.75) is 18.8 Å². The van der Waals surface area contributed by atoms with E-state index in [4.69, 9.17) is 11.6 Å². The van der Waals surface area contributed by atoms with Gasteiger partial charge in [-0.15, -0.1) is 10.2 Å². The number of carbonyl (C=O) groups excluding carboxylic acids is 2. The monoisotopic (exact) mass is 426 g/mol. The van der Waals surface area contributed by atoms with Crippen LogP contribution in [0.3, 0.4) is 0 Å². The Balaban J connectivity index is 1.43. The smallest absolute Gasteiger partial charge is 0.286 e. The first-order chi connectivity index (χ1) is 14.1. The molecule has 0 spiro atoms. The number of piperidine rings is 1. The molecular weight excluding hydrogens is 408 g/mol. The van der Waals surface area contributed by atoms with Crippen molar-refractivity contribution in [3.05, 3.63) is 75.2 Å². The zero-order valence-electron chi connectivity index (χ0n) is 15.5. The number of amides is 2. The van der Waals surface area contributed by atoms with Gasteiger partial charge in [0.25, 0.3) is 11.8 Å². The van der Waals surface area contributed by atoms with Crippen molar-refractivity contribution < 1.29 is 9.59 Å². The lowest BCUT2D eigenvalue weighted by atomic mass is 9.98. The number of hydrogen-bond donors (Lipinski definition) is 1. The van der Waals surface area contributed by atoms with Crippen LogP contribution >= 0.6 is 22.9 Å². The average Bonchev–Trinajstić information content (AvgIpc) is 3.25. The minimum Gasteiger partial charge on any atom is -0.338 e. The standard InChI is InChI=1S/C21H19ClN4O2S/c22-16-9-4-10-17(12-16)23-18(27)20-25-24-19(29-20)15-8-5-11-26(13-15)21(28)14-6-2-1-3-7-14/h1-4,6-7,9-10,12,15H,5,8,11,13H2,(H,23,27)/t15-/m1/s1. The van der Waals surface area contributed by atoms with E-state index in [1.165, 1.54) is 11.3 Å². The average molecular weight is 427 g/mol. The Hall–Kier alpha value is -2.77.